The third kappa shape index (κ3) is 3.39. The van der Waals surface area contributed by atoms with Crippen LogP contribution in [-0.4, -0.2) is 23.3 Å². The Morgan fingerprint density at radius 2 is 2.15 bits per heavy atom. The summed E-state index contributed by atoms with van der Waals surface area (Å²) >= 11 is 5.63. The molecule has 7 heteroatoms. The predicted octanol–water partition coefficient (Wildman–Crippen LogP) is 2.40. The molecule has 0 aromatic heterocycles. The van der Waals surface area contributed by atoms with Crippen LogP contribution in [0.3, 0.4) is 0 Å². The van der Waals surface area contributed by atoms with Gasteiger partial charge >= 0.3 is 0 Å². The number of unbranched alkanes of at least 4 members (excludes halogenated alkanes) is 2. The van der Waals surface area contributed by atoms with Gasteiger partial charge in [0.2, 0.25) is 5.91 Å². The molecule has 0 aliphatic carbocycles. The SMILES string of the molecule is O=C1Cc2cc([N+](=O)[O-])ccc2N(CCCCCCl)N1. The summed E-state index contributed by atoms with van der Waals surface area (Å²) in [4.78, 5) is 22.0. The number of amides is 1. The zero-order chi connectivity index (χ0) is 14.5. The van der Waals surface area contributed by atoms with Crippen LogP contribution in [0.5, 0.6) is 0 Å². The Kier molecular flexibility index (Phi) is 4.79. The first kappa shape index (κ1) is 14.6. The summed E-state index contributed by atoms with van der Waals surface area (Å²) in [6.45, 7) is 0.674. The summed E-state index contributed by atoms with van der Waals surface area (Å²) in [6.07, 6.45) is 3.01. The van der Waals surface area contributed by atoms with E-state index in [2.05, 4.69) is 5.43 Å². The molecule has 1 aromatic carbocycles. The van der Waals surface area contributed by atoms with Crippen molar-refractivity contribution >= 4 is 28.9 Å². The number of hydrogen-bond donors (Lipinski definition) is 1. The highest BCUT2D eigenvalue weighted by molar-refractivity contribution is 6.17. The smallest absolute Gasteiger partial charge is 0.269 e. The van der Waals surface area contributed by atoms with Crippen LogP contribution in [0.4, 0.5) is 11.4 Å². The number of alkyl halides is 1. The molecule has 1 aliphatic rings. The van der Waals surface area contributed by atoms with Crippen molar-refractivity contribution in [3.05, 3.63) is 33.9 Å². The van der Waals surface area contributed by atoms with E-state index in [1.54, 1.807) is 11.1 Å². The van der Waals surface area contributed by atoms with Crippen molar-refractivity contribution < 1.29 is 9.72 Å². The number of anilines is 1. The van der Waals surface area contributed by atoms with Crippen LogP contribution in [0, 0.1) is 10.1 Å². The zero-order valence-electron chi connectivity index (χ0n) is 11.0. The Labute approximate surface area is 121 Å². The molecule has 1 heterocycles. The second-order valence-electron chi connectivity index (χ2n) is 4.68. The first-order valence-corrected chi connectivity index (χ1v) is 7.05. The number of nitrogens with zero attached hydrogens (tertiary/aromatic N) is 2. The highest BCUT2D eigenvalue weighted by Crippen LogP contribution is 2.28. The summed E-state index contributed by atoms with van der Waals surface area (Å²) in [5.41, 5.74) is 4.33. The molecule has 20 heavy (non-hydrogen) atoms. The fourth-order valence-electron chi connectivity index (χ4n) is 2.23. The third-order valence-electron chi connectivity index (χ3n) is 3.19. The number of fused-ring (bicyclic) bond motifs is 1. The summed E-state index contributed by atoms with van der Waals surface area (Å²) in [5, 5.41) is 12.5. The number of nitro benzene ring substituents is 1. The van der Waals surface area contributed by atoms with Gasteiger partial charge in [-0.3, -0.25) is 25.3 Å². The largest absolute Gasteiger partial charge is 0.285 e. The third-order valence-corrected chi connectivity index (χ3v) is 3.46. The number of rotatable bonds is 6. The molecule has 0 saturated heterocycles. The molecule has 0 unspecified atom stereocenters. The number of nitrogens with one attached hydrogen (secondary N) is 1. The standard InChI is InChI=1S/C13H16ClN3O3/c14-6-2-1-3-7-16-12-5-4-11(17(19)20)8-10(12)9-13(18)15-16/h4-5,8H,1-3,6-7,9H2,(H,15,18). The average molecular weight is 298 g/mol. The molecule has 108 valence electrons. The number of carbonyl (C=O) groups is 1. The van der Waals surface area contributed by atoms with Crippen LogP contribution in [0.25, 0.3) is 0 Å². The van der Waals surface area contributed by atoms with E-state index >= 15 is 0 Å². The number of hydrogen-bond acceptors (Lipinski definition) is 4. The van der Waals surface area contributed by atoms with Gasteiger partial charge in [0.1, 0.15) is 0 Å². The molecule has 1 aromatic rings. The molecule has 0 atom stereocenters. The summed E-state index contributed by atoms with van der Waals surface area (Å²) < 4.78 is 0. The van der Waals surface area contributed by atoms with E-state index in [9.17, 15) is 14.9 Å². The quantitative estimate of drug-likeness (QED) is 0.379. The van der Waals surface area contributed by atoms with Crippen LogP contribution in [0.2, 0.25) is 0 Å². The van der Waals surface area contributed by atoms with Crippen LogP contribution < -0.4 is 10.4 Å². The fraction of sp³-hybridized carbons (Fsp3) is 0.462. The molecule has 0 radical (unpaired) electrons. The second kappa shape index (κ2) is 6.56. The van der Waals surface area contributed by atoms with E-state index in [0.29, 0.717) is 18.0 Å². The molecule has 0 spiro atoms. The van der Waals surface area contributed by atoms with Gasteiger partial charge in [0.25, 0.3) is 5.69 Å². The van der Waals surface area contributed by atoms with Crippen molar-refractivity contribution in [2.75, 3.05) is 17.4 Å². The number of carbonyl (C=O) groups excluding carboxylic acids is 1. The second-order valence-corrected chi connectivity index (χ2v) is 5.06. The highest BCUT2D eigenvalue weighted by atomic mass is 35.5. The van der Waals surface area contributed by atoms with Crippen molar-refractivity contribution in [1.29, 1.82) is 0 Å². The van der Waals surface area contributed by atoms with Crippen LogP contribution >= 0.6 is 11.6 Å². The Morgan fingerprint density at radius 1 is 1.35 bits per heavy atom. The van der Waals surface area contributed by atoms with Crippen LogP contribution in [0.1, 0.15) is 24.8 Å². The summed E-state index contributed by atoms with van der Waals surface area (Å²) in [7, 11) is 0. The van der Waals surface area contributed by atoms with E-state index in [0.717, 1.165) is 24.9 Å². The zero-order valence-corrected chi connectivity index (χ0v) is 11.7. The van der Waals surface area contributed by atoms with Gasteiger partial charge in [-0.05, 0) is 24.5 Å². The minimum Gasteiger partial charge on any atom is -0.285 e. The summed E-state index contributed by atoms with van der Waals surface area (Å²) in [5.74, 6) is 0.491. The predicted molar refractivity (Wildman–Crippen MR) is 76.9 cm³/mol. The molecule has 1 N–H and O–H groups in total. The van der Waals surface area contributed by atoms with Crippen LogP contribution in [0.15, 0.2) is 18.2 Å². The Hall–Kier alpha value is -1.82. The molecule has 6 nitrogen and oxygen atoms in total. The van der Waals surface area contributed by atoms with E-state index in [1.165, 1.54) is 12.1 Å². The van der Waals surface area contributed by atoms with E-state index in [-0.39, 0.29) is 18.0 Å². The molecule has 0 saturated carbocycles. The number of hydrazine groups is 1. The molecule has 0 fully saturated rings. The van der Waals surface area contributed by atoms with Crippen molar-refractivity contribution in [3.63, 3.8) is 0 Å². The van der Waals surface area contributed by atoms with Crippen molar-refractivity contribution in [3.8, 4) is 0 Å². The van der Waals surface area contributed by atoms with Gasteiger partial charge in [-0.1, -0.05) is 6.42 Å². The lowest BCUT2D eigenvalue weighted by Crippen LogP contribution is -2.47. The minimum absolute atomic E-state index is 0.0144. The Balaban J connectivity index is 2.13. The maximum atomic E-state index is 11.7. The molecular formula is C13H16ClN3O3. The van der Waals surface area contributed by atoms with Gasteiger partial charge in [-0.15, -0.1) is 11.6 Å². The number of benzene rings is 1. The number of halogens is 1. The summed E-state index contributed by atoms with van der Waals surface area (Å²) in [6, 6.07) is 4.62. The average Bonchev–Trinajstić information content (AvgIpc) is 2.42. The molecule has 1 amide bonds. The van der Waals surface area contributed by atoms with Gasteiger partial charge < -0.3 is 0 Å². The lowest BCUT2D eigenvalue weighted by atomic mass is 10.1. The normalized spacial score (nSPS) is 13.8. The van der Waals surface area contributed by atoms with Crippen molar-refractivity contribution in [1.82, 2.24) is 5.43 Å². The first-order chi connectivity index (χ1) is 9.61. The Bertz CT molecular complexity index is 522. The lowest BCUT2D eigenvalue weighted by Gasteiger charge is -2.31. The topological polar surface area (TPSA) is 75.5 Å². The number of non-ortho nitro benzene ring substituents is 1. The lowest BCUT2D eigenvalue weighted by molar-refractivity contribution is -0.384. The maximum Gasteiger partial charge on any atom is 0.269 e. The van der Waals surface area contributed by atoms with Gasteiger partial charge in [-0.25, -0.2) is 0 Å². The molecule has 1 aliphatic heterocycles. The van der Waals surface area contributed by atoms with Gasteiger partial charge in [-0.2, -0.15) is 0 Å². The van der Waals surface area contributed by atoms with Gasteiger partial charge in [0.05, 0.1) is 17.0 Å². The van der Waals surface area contributed by atoms with Gasteiger partial charge in [0.15, 0.2) is 0 Å². The number of nitro groups is 1. The minimum atomic E-state index is -0.447. The van der Waals surface area contributed by atoms with Crippen molar-refractivity contribution in [2.24, 2.45) is 0 Å². The van der Waals surface area contributed by atoms with Crippen LogP contribution in [-0.2, 0) is 11.2 Å². The van der Waals surface area contributed by atoms with Crippen molar-refractivity contribution in [2.45, 2.75) is 25.7 Å². The maximum absolute atomic E-state index is 11.7. The molecule has 2 rings (SSSR count). The fourth-order valence-corrected chi connectivity index (χ4v) is 2.42. The van der Waals surface area contributed by atoms with Gasteiger partial charge in [0, 0.05) is 24.6 Å². The molecular weight excluding hydrogens is 282 g/mol. The van der Waals surface area contributed by atoms with E-state index in [4.69, 9.17) is 11.6 Å². The molecule has 0 bridgehead atoms. The highest BCUT2D eigenvalue weighted by Gasteiger charge is 2.23. The van der Waals surface area contributed by atoms with E-state index in [1.807, 2.05) is 0 Å². The Morgan fingerprint density at radius 3 is 2.85 bits per heavy atom. The van der Waals surface area contributed by atoms with E-state index < -0.39 is 4.92 Å². The first-order valence-electron chi connectivity index (χ1n) is 6.52. The monoisotopic (exact) mass is 297 g/mol.